The largest absolute Gasteiger partial charge is 0.294 e. The number of rotatable bonds is 1. The van der Waals surface area contributed by atoms with E-state index < -0.39 is 27.9 Å². The van der Waals surface area contributed by atoms with Crippen molar-refractivity contribution >= 4 is 10.1 Å². The summed E-state index contributed by atoms with van der Waals surface area (Å²) >= 11 is 0. The fourth-order valence-electron chi connectivity index (χ4n) is 0.571. The molecule has 0 aromatic heterocycles. The Kier molecular flexibility index (Phi) is 1.01. The molecule has 0 atom stereocenters. The van der Waals surface area contributed by atoms with Crippen LogP contribution in [-0.4, -0.2) is 13.0 Å². The number of aryl methyl sites for hydroxylation is 1. The molecule has 0 bridgehead atoms. The fraction of sp³-hybridized carbons (Fsp3) is 0.143. The maximum atomic E-state index is 10.7. The summed E-state index contributed by atoms with van der Waals surface area (Å²) in [5.41, 5.74) is -0.255. The van der Waals surface area contributed by atoms with E-state index >= 15 is 0 Å². The molecule has 60 valence electrons. The monoisotopic (exact) mass is 176 g/mol. The topological polar surface area (TPSA) is 54.4 Å². The summed E-state index contributed by atoms with van der Waals surface area (Å²) in [7, 11) is -4.39. The Balaban J connectivity index is 3.34. The molecule has 1 aromatic carbocycles. The summed E-state index contributed by atoms with van der Waals surface area (Å²) in [4.78, 5) is -0.486. The van der Waals surface area contributed by atoms with Gasteiger partial charge < -0.3 is 0 Å². The molecule has 0 spiro atoms. The van der Waals surface area contributed by atoms with Crippen molar-refractivity contribution in [1.29, 1.82) is 0 Å². The van der Waals surface area contributed by atoms with Crippen LogP contribution in [0.4, 0.5) is 0 Å². The van der Waals surface area contributed by atoms with Crippen molar-refractivity contribution in [3.8, 4) is 0 Å². The van der Waals surface area contributed by atoms with Crippen molar-refractivity contribution in [3.05, 3.63) is 29.8 Å². The summed E-state index contributed by atoms with van der Waals surface area (Å²) in [5.74, 6) is 0. The van der Waals surface area contributed by atoms with E-state index in [1.807, 2.05) is 0 Å². The average Bonchev–Trinajstić information content (AvgIpc) is 1.99. The fourth-order valence-corrected chi connectivity index (χ4v) is 1.02. The van der Waals surface area contributed by atoms with Crippen LogP contribution >= 0.6 is 0 Å². The first-order valence-corrected chi connectivity index (χ1v) is 4.15. The molecule has 0 aliphatic heterocycles. The van der Waals surface area contributed by atoms with Gasteiger partial charge in [0.25, 0.3) is 10.1 Å². The highest BCUT2D eigenvalue weighted by Gasteiger charge is 2.06. The second-order valence-corrected chi connectivity index (χ2v) is 3.33. The van der Waals surface area contributed by atoms with Crippen molar-refractivity contribution in [2.24, 2.45) is 0 Å². The summed E-state index contributed by atoms with van der Waals surface area (Å²) in [6.45, 7) is -2.46. The van der Waals surface area contributed by atoms with Crippen LogP contribution in [-0.2, 0) is 10.1 Å². The van der Waals surface area contributed by atoms with E-state index in [4.69, 9.17) is 10.0 Å². The van der Waals surface area contributed by atoms with Crippen molar-refractivity contribution in [2.45, 2.75) is 11.7 Å². The molecule has 0 aliphatic carbocycles. The standard InChI is InChI=1S/C7H8O3S/c1-6-2-4-7(5-3-6)11(8,9)10/h2-5H,1H3,(H,8,9,10)/i1D3,2D. The summed E-state index contributed by atoms with van der Waals surface area (Å²) < 4.78 is 58.4. The van der Waals surface area contributed by atoms with E-state index in [0.717, 1.165) is 18.2 Å². The van der Waals surface area contributed by atoms with Gasteiger partial charge in [-0.25, -0.2) is 0 Å². The lowest BCUT2D eigenvalue weighted by molar-refractivity contribution is 0.483. The lowest BCUT2D eigenvalue weighted by atomic mass is 10.2. The van der Waals surface area contributed by atoms with Gasteiger partial charge in [-0.3, -0.25) is 4.55 Å². The Morgan fingerprint density at radius 1 is 1.55 bits per heavy atom. The van der Waals surface area contributed by atoms with Crippen molar-refractivity contribution in [2.75, 3.05) is 0 Å². The van der Waals surface area contributed by atoms with Crippen LogP contribution in [0, 0.1) is 6.85 Å². The number of benzene rings is 1. The zero-order valence-electron chi connectivity index (χ0n) is 9.40. The second-order valence-electron chi connectivity index (χ2n) is 1.91. The van der Waals surface area contributed by atoms with E-state index in [1.165, 1.54) is 0 Å². The van der Waals surface area contributed by atoms with Crippen LogP contribution in [0.2, 0.25) is 0 Å². The van der Waals surface area contributed by atoms with Crippen LogP contribution in [0.25, 0.3) is 0 Å². The minimum absolute atomic E-state index is 0.255. The molecule has 11 heavy (non-hydrogen) atoms. The van der Waals surface area contributed by atoms with Crippen molar-refractivity contribution in [3.63, 3.8) is 0 Å². The predicted molar refractivity (Wildman–Crippen MR) is 41.0 cm³/mol. The van der Waals surface area contributed by atoms with Crippen LogP contribution in [0.1, 0.15) is 11.0 Å². The zero-order valence-corrected chi connectivity index (χ0v) is 6.22. The van der Waals surface area contributed by atoms with Gasteiger partial charge >= 0.3 is 0 Å². The molecule has 1 rings (SSSR count). The van der Waals surface area contributed by atoms with Gasteiger partial charge in [0.1, 0.15) is 0 Å². The van der Waals surface area contributed by atoms with Crippen LogP contribution in [0.5, 0.6) is 0 Å². The molecular formula is C7H8O3S. The maximum Gasteiger partial charge on any atom is 0.294 e. The SMILES string of the molecule is [2H]c1cc(S(=O)(=O)O)ccc1C([2H])([2H])[2H]. The Morgan fingerprint density at radius 3 is 2.73 bits per heavy atom. The Hall–Kier alpha value is -0.870. The lowest BCUT2D eigenvalue weighted by Gasteiger charge is -1.95. The van der Waals surface area contributed by atoms with E-state index in [9.17, 15) is 8.42 Å². The van der Waals surface area contributed by atoms with Crippen LogP contribution in [0.15, 0.2) is 29.1 Å². The molecule has 1 aromatic rings. The van der Waals surface area contributed by atoms with Gasteiger partial charge in [0.05, 0.1) is 6.27 Å². The van der Waals surface area contributed by atoms with Gasteiger partial charge in [-0.1, -0.05) is 17.7 Å². The molecule has 0 saturated carbocycles. The highest BCUT2D eigenvalue weighted by Crippen LogP contribution is 2.08. The third-order valence-electron chi connectivity index (χ3n) is 1.08. The van der Waals surface area contributed by atoms with E-state index in [1.54, 1.807) is 0 Å². The van der Waals surface area contributed by atoms with Crippen molar-refractivity contribution in [1.82, 2.24) is 0 Å². The predicted octanol–water partition coefficient (Wildman–Crippen LogP) is 1.24. The van der Waals surface area contributed by atoms with Gasteiger partial charge in [-0.2, -0.15) is 8.42 Å². The Labute approximate surface area is 71.0 Å². The molecule has 0 amide bonds. The smallest absolute Gasteiger partial charge is 0.282 e. The molecule has 0 fully saturated rings. The third kappa shape index (κ3) is 2.03. The number of hydrogen-bond donors (Lipinski definition) is 1. The highest BCUT2D eigenvalue weighted by atomic mass is 32.2. The first kappa shape index (κ1) is 4.23. The zero-order chi connectivity index (χ0) is 11.9. The van der Waals surface area contributed by atoms with E-state index in [0.29, 0.717) is 0 Å². The average molecular weight is 176 g/mol. The Morgan fingerprint density at radius 2 is 2.27 bits per heavy atom. The molecule has 3 nitrogen and oxygen atoms in total. The molecule has 0 aliphatic rings. The number of hydrogen-bond acceptors (Lipinski definition) is 2. The second kappa shape index (κ2) is 2.64. The first-order chi connectivity index (χ1) is 6.62. The first-order valence-electron chi connectivity index (χ1n) is 4.71. The van der Waals surface area contributed by atoms with E-state index in [-0.39, 0.29) is 5.56 Å². The van der Waals surface area contributed by atoms with Gasteiger partial charge in [-0.05, 0) is 19.0 Å². The molecule has 0 heterocycles. The van der Waals surface area contributed by atoms with Crippen LogP contribution < -0.4 is 0 Å². The van der Waals surface area contributed by atoms with Crippen molar-refractivity contribution < 1.29 is 18.5 Å². The lowest BCUT2D eigenvalue weighted by Crippen LogP contribution is -1.96. The third-order valence-corrected chi connectivity index (χ3v) is 1.93. The molecule has 1 N–H and O–H groups in total. The normalized spacial score (nSPS) is 17.9. The minimum Gasteiger partial charge on any atom is -0.282 e. The van der Waals surface area contributed by atoms with Crippen LogP contribution in [0.3, 0.4) is 0 Å². The molecule has 0 radical (unpaired) electrons. The van der Waals surface area contributed by atoms with Gasteiger partial charge in [-0.15, -0.1) is 0 Å². The quantitative estimate of drug-likeness (QED) is 0.655. The Bertz CT molecular complexity index is 477. The van der Waals surface area contributed by atoms with Gasteiger partial charge in [0.2, 0.25) is 0 Å². The molecule has 0 saturated heterocycles. The highest BCUT2D eigenvalue weighted by molar-refractivity contribution is 7.85. The summed E-state index contributed by atoms with van der Waals surface area (Å²) in [5, 5.41) is 0. The molecule has 4 heteroatoms. The van der Waals surface area contributed by atoms with Gasteiger partial charge in [0, 0.05) is 4.11 Å². The summed E-state index contributed by atoms with van der Waals surface area (Å²) in [6.07, 6.45) is 0. The molecular weight excluding hydrogens is 164 g/mol. The van der Waals surface area contributed by atoms with E-state index in [2.05, 4.69) is 0 Å². The minimum atomic E-state index is -4.39. The molecule has 0 unspecified atom stereocenters. The summed E-state index contributed by atoms with van der Waals surface area (Å²) in [6, 6.07) is 2.31. The maximum absolute atomic E-state index is 10.7. The van der Waals surface area contributed by atoms with Gasteiger partial charge in [0.15, 0.2) is 0 Å².